The number of hydrogen-bond acceptors (Lipinski definition) is 2. The summed E-state index contributed by atoms with van der Waals surface area (Å²) in [5.74, 6) is 2.07. The van der Waals surface area contributed by atoms with Gasteiger partial charge in [-0.25, -0.2) is 9.59 Å². The van der Waals surface area contributed by atoms with Crippen LogP contribution in [0.1, 0.15) is 32.1 Å². The number of carboxylic acids is 1. The Labute approximate surface area is 112 Å². The zero-order valence-electron chi connectivity index (χ0n) is 10.9. The molecule has 5 aliphatic rings. The van der Waals surface area contributed by atoms with E-state index in [1.165, 1.54) is 32.1 Å². The molecule has 1 aliphatic heterocycles. The summed E-state index contributed by atoms with van der Waals surface area (Å²) in [6.45, 7) is 0.348. The van der Waals surface area contributed by atoms with Crippen LogP contribution in [0.5, 0.6) is 0 Å². The highest BCUT2D eigenvalue weighted by molar-refractivity contribution is 5.86. The number of hydrogen-bond donors (Lipinski definition) is 2. The van der Waals surface area contributed by atoms with Crippen LogP contribution in [0, 0.1) is 23.7 Å². The van der Waals surface area contributed by atoms with Gasteiger partial charge in [-0.3, -0.25) is 0 Å². The molecule has 0 aromatic carbocycles. The van der Waals surface area contributed by atoms with Crippen molar-refractivity contribution in [3.8, 4) is 0 Å². The highest BCUT2D eigenvalue weighted by Crippen LogP contribution is 2.55. The van der Waals surface area contributed by atoms with Crippen molar-refractivity contribution in [2.45, 2.75) is 44.2 Å². The lowest BCUT2D eigenvalue weighted by atomic mass is 9.54. The van der Waals surface area contributed by atoms with Crippen molar-refractivity contribution >= 4 is 12.0 Å². The molecular weight excluding hydrogens is 244 g/mol. The standard InChI is InChI=1S/C14H20N2O3/c17-13(18)11-6-16(14(19)15-11)12-9-2-7-1-8(4-9)5-10(12)3-7/h7-12H,1-6H2,(H,15,19)(H,17,18). The van der Waals surface area contributed by atoms with E-state index < -0.39 is 12.0 Å². The van der Waals surface area contributed by atoms with Gasteiger partial charge >= 0.3 is 12.0 Å². The molecule has 104 valence electrons. The topological polar surface area (TPSA) is 69.6 Å². The van der Waals surface area contributed by atoms with Crippen LogP contribution < -0.4 is 5.32 Å². The number of urea groups is 1. The van der Waals surface area contributed by atoms with Crippen molar-refractivity contribution in [3.63, 3.8) is 0 Å². The zero-order chi connectivity index (χ0) is 13.1. The van der Waals surface area contributed by atoms with Gasteiger partial charge < -0.3 is 15.3 Å². The fourth-order valence-corrected chi connectivity index (χ4v) is 5.36. The Morgan fingerprint density at radius 1 is 1.11 bits per heavy atom. The maximum Gasteiger partial charge on any atom is 0.328 e. The molecule has 0 aromatic rings. The molecule has 4 bridgehead atoms. The summed E-state index contributed by atoms with van der Waals surface area (Å²) in [7, 11) is 0. The number of carboxylic acid groups (broad SMARTS) is 1. The minimum absolute atomic E-state index is 0.162. The molecule has 0 radical (unpaired) electrons. The van der Waals surface area contributed by atoms with Gasteiger partial charge in [0.05, 0.1) is 6.54 Å². The Hall–Kier alpha value is -1.26. The number of rotatable bonds is 2. The van der Waals surface area contributed by atoms with Gasteiger partial charge in [-0.1, -0.05) is 0 Å². The van der Waals surface area contributed by atoms with E-state index in [0.717, 1.165) is 11.8 Å². The van der Waals surface area contributed by atoms with Gasteiger partial charge in [0.2, 0.25) is 0 Å². The highest BCUT2D eigenvalue weighted by Gasteiger charge is 2.52. The van der Waals surface area contributed by atoms with Crippen LogP contribution in [0.3, 0.4) is 0 Å². The van der Waals surface area contributed by atoms with Crippen molar-refractivity contribution in [3.05, 3.63) is 0 Å². The molecule has 5 heteroatoms. The number of amides is 2. The van der Waals surface area contributed by atoms with Gasteiger partial charge in [-0.05, 0) is 55.8 Å². The predicted octanol–water partition coefficient (Wildman–Crippen LogP) is 1.29. The number of carbonyl (C=O) groups is 2. The van der Waals surface area contributed by atoms with Gasteiger partial charge in [0, 0.05) is 6.04 Å². The molecule has 2 amide bonds. The Balaban J connectivity index is 1.56. The van der Waals surface area contributed by atoms with Crippen LogP contribution in [0.15, 0.2) is 0 Å². The first-order chi connectivity index (χ1) is 9.11. The molecule has 5 rings (SSSR count). The second kappa shape index (κ2) is 3.87. The first-order valence-corrected chi connectivity index (χ1v) is 7.41. The molecular formula is C14H20N2O3. The lowest BCUT2D eigenvalue weighted by molar-refractivity contribution is -0.139. The van der Waals surface area contributed by atoms with Gasteiger partial charge in [0.25, 0.3) is 0 Å². The van der Waals surface area contributed by atoms with E-state index in [1.807, 2.05) is 4.90 Å². The Morgan fingerprint density at radius 2 is 1.68 bits per heavy atom. The third-order valence-corrected chi connectivity index (χ3v) is 5.77. The van der Waals surface area contributed by atoms with E-state index in [2.05, 4.69) is 5.32 Å². The van der Waals surface area contributed by atoms with Gasteiger partial charge in [-0.2, -0.15) is 0 Å². The number of carbonyl (C=O) groups excluding carboxylic acids is 1. The lowest BCUT2D eigenvalue weighted by Gasteiger charge is -2.56. The van der Waals surface area contributed by atoms with Crippen molar-refractivity contribution in [2.24, 2.45) is 23.7 Å². The fraction of sp³-hybridized carbons (Fsp3) is 0.857. The Kier molecular flexibility index (Phi) is 2.35. The number of aliphatic carboxylic acids is 1. The van der Waals surface area contributed by atoms with Gasteiger partial charge in [0.1, 0.15) is 6.04 Å². The average molecular weight is 264 g/mol. The van der Waals surface area contributed by atoms with E-state index in [9.17, 15) is 9.59 Å². The quantitative estimate of drug-likeness (QED) is 0.789. The van der Waals surface area contributed by atoms with Crippen molar-refractivity contribution < 1.29 is 14.7 Å². The molecule has 2 N–H and O–H groups in total. The monoisotopic (exact) mass is 264 g/mol. The fourth-order valence-electron chi connectivity index (χ4n) is 5.36. The van der Waals surface area contributed by atoms with Crippen molar-refractivity contribution in [1.29, 1.82) is 0 Å². The third kappa shape index (κ3) is 1.66. The molecule has 5 fully saturated rings. The Morgan fingerprint density at radius 3 is 2.16 bits per heavy atom. The van der Waals surface area contributed by atoms with E-state index in [1.54, 1.807) is 0 Å². The van der Waals surface area contributed by atoms with E-state index in [-0.39, 0.29) is 6.03 Å². The maximum atomic E-state index is 12.1. The van der Waals surface area contributed by atoms with Crippen LogP contribution >= 0.6 is 0 Å². The first kappa shape index (κ1) is 11.6. The van der Waals surface area contributed by atoms with Crippen molar-refractivity contribution in [2.75, 3.05) is 6.54 Å². The molecule has 0 aromatic heterocycles. The molecule has 1 saturated heterocycles. The molecule has 1 unspecified atom stereocenters. The minimum atomic E-state index is -0.917. The van der Waals surface area contributed by atoms with Crippen molar-refractivity contribution in [1.82, 2.24) is 10.2 Å². The third-order valence-electron chi connectivity index (χ3n) is 5.77. The van der Waals surface area contributed by atoms with E-state index in [0.29, 0.717) is 24.4 Å². The number of nitrogens with zero attached hydrogens (tertiary/aromatic N) is 1. The molecule has 1 atom stereocenters. The summed E-state index contributed by atoms with van der Waals surface area (Å²) in [6.07, 6.45) is 6.39. The maximum absolute atomic E-state index is 12.1. The summed E-state index contributed by atoms with van der Waals surface area (Å²) in [5.41, 5.74) is 0. The summed E-state index contributed by atoms with van der Waals surface area (Å²) in [4.78, 5) is 24.9. The second-order valence-electron chi connectivity index (χ2n) is 6.91. The molecule has 5 nitrogen and oxygen atoms in total. The highest BCUT2D eigenvalue weighted by atomic mass is 16.4. The summed E-state index contributed by atoms with van der Waals surface area (Å²) in [6, 6.07) is -0.577. The van der Waals surface area contributed by atoms with Crippen LogP contribution in [-0.2, 0) is 4.79 Å². The second-order valence-corrected chi connectivity index (χ2v) is 6.91. The van der Waals surface area contributed by atoms with Crippen LogP contribution in [0.4, 0.5) is 4.79 Å². The molecule has 0 spiro atoms. The largest absolute Gasteiger partial charge is 0.480 e. The lowest BCUT2D eigenvalue weighted by Crippen LogP contribution is -2.56. The summed E-state index contributed by atoms with van der Waals surface area (Å²) in [5, 5.41) is 11.7. The number of nitrogens with one attached hydrogen (secondary N) is 1. The first-order valence-electron chi connectivity index (χ1n) is 7.41. The Bertz CT molecular complexity index is 408. The van der Waals surface area contributed by atoms with Crippen LogP contribution in [0.2, 0.25) is 0 Å². The van der Waals surface area contributed by atoms with Crippen LogP contribution in [-0.4, -0.2) is 40.6 Å². The summed E-state index contributed by atoms with van der Waals surface area (Å²) >= 11 is 0. The SMILES string of the molecule is O=C(O)C1CN(C2C3CC4CC(C3)CC2C4)C(=O)N1. The van der Waals surface area contributed by atoms with E-state index >= 15 is 0 Å². The molecule has 4 saturated carbocycles. The van der Waals surface area contributed by atoms with Crippen LogP contribution in [0.25, 0.3) is 0 Å². The molecule has 4 aliphatic carbocycles. The molecule has 19 heavy (non-hydrogen) atoms. The van der Waals surface area contributed by atoms with Gasteiger partial charge in [-0.15, -0.1) is 0 Å². The predicted molar refractivity (Wildman–Crippen MR) is 67.5 cm³/mol. The molecule has 1 heterocycles. The normalized spacial score (nSPS) is 47.6. The minimum Gasteiger partial charge on any atom is -0.480 e. The van der Waals surface area contributed by atoms with Gasteiger partial charge in [0.15, 0.2) is 0 Å². The zero-order valence-corrected chi connectivity index (χ0v) is 10.9. The van der Waals surface area contributed by atoms with E-state index in [4.69, 9.17) is 5.11 Å². The average Bonchev–Trinajstić information content (AvgIpc) is 2.70. The smallest absolute Gasteiger partial charge is 0.328 e. The summed E-state index contributed by atoms with van der Waals surface area (Å²) < 4.78 is 0.